The second-order valence-corrected chi connectivity index (χ2v) is 7.16. The van der Waals surface area contributed by atoms with Crippen molar-refractivity contribution in [2.75, 3.05) is 13.3 Å². The number of amides is 1. The van der Waals surface area contributed by atoms with Gasteiger partial charge in [-0.25, -0.2) is 0 Å². The minimum Gasteiger partial charge on any atom is -0.454 e. The van der Waals surface area contributed by atoms with Crippen LogP contribution < -0.4 is 9.47 Å². The molecule has 0 fully saturated rings. The van der Waals surface area contributed by atoms with Crippen molar-refractivity contribution in [3.8, 4) is 11.5 Å². The zero-order valence-electron chi connectivity index (χ0n) is 15.6. The molecule has 0 aliphatic carbocycles. The highest BCUT2D eigenvalue weighted by molar-refractivity contribution is 6.31. The van der Waals surface area contributed by atoms with Gasteiger partial charge >= 0.3 is 0 Å². The van der Waals surface area contributed by atoms with E-state index in [4.69, 9.17) is 25.9 Å². The molecule has 6 nitrogen and oxygen atoms in total. The van der Waals surface area contributed by atoms with Gasteiger partial charge in [-0.15, -0.1) is 0 Å². The van der Waals surface area contributed by atoms with Crippen molar-refractivity contribution >= 4 is 23.2 Å². The Morgan fingerprint density at radius 3 is 2.86 bits per heavy atom. The van der Waals surface area contributed by atoms with Gasteiger partial charge in [-0.05, 0) is 29.8 Å². The van der Waals surface area contributed by atoms with Crippen LogP contribution in [0.5, 0.6) is 11.5 Å². The predicted octanol–water partition coefficient (Wildman–Crippen LogP) is 4.00. The molecule has 2 aromatic carbocycles. The molecule has 2 heterocycles. The summed E-state index contributed by atoms with van der Waals surface area (Å²) < 4.78 is 10.8. The monoisotopic (exact) mass is 400 g/mol. The van der Waals surface area contributed by atoms with Crippen molar-refractivity contribution in [1.82, 2.24) is 4.90 Å². The first kappa shape index (κ1) is 18.6. The number of nitrogens with zero attached hydrogens (tertiary/aromatic N) is 2. The zero-order valence-corrected chi connectivity index (χ0v) is 16.3. The van der Waals surface area contributed by atoms with E-state index in [1.54, 1.807) is 4.90 Å². The quantitative estimate of drug-likeness (QED) is 0.735. The van der Waals surface area contributed by atoms with Crippen molar-refractivity contribution in [2.24, 2.45) is 5.16 Å². The van der Waals surface area contributed by atoms with Gasteiger partial charge in [-0.3, -0.25) is 4.79 Å². The van der Waals surface area contributed by atoms with E-state index in [0.717, 1.165) is 22.6 Å². The highest BCUT2D eigenvalue weighted by atomic mass is 35.5. The first-order valence-electron chi connectivity index (χ1n) is 9.28. The van der Waals surface area contributed by atoms with Crippen LogP contribution in [0.1, 0.15) is 30.9 Å². The number of carbonyl (C=O) groups excluding carboxylic acids is 1. The van der Waals surface area contributed by atoms with Gasteiger partial charge < -0.3 is 19.2 Å². The molecule has 1 atom stereocenters. The number of halogens is 1. The summed E-state index contributed by atoms with van der Waals surface area (Å²) in [5.41, 5.74) is 2.69. The molecule has 4 rings (SSSR count). The molecular weight excluding hydrogens is 380 g/mol. The topological polar surface area (TPSA) is 60.4 Å². The number of rotatable bonds is 6. The summed E-state index contributed by atoms with van der Waals surface area (Å²) in [6.45, 7) is 2.99. The molecule has 2 aliphatic heterocycles. The largest absolute Gasteiger partial charge is 0.454 e. The Morgan fingerprint density at radius 2 is 2.04 bits per heavy atom. The first-order valence-corrected chi connectivity index (χ1v) is 9.65. The highest BCUT2D eigenvalue weighted by Crippen LogP contribution is 2.33. The summed E-state index contributed by atoms with van der Waals surface area (Å²) in [6, 6.07) is 13.3. The summed E-state index contributed by atoms with van der Waals surface area (Å²) in [6.07, 6.45) is 0.848. The molecule has 1 amide bonds. The zero-order chi connectivity index (χ0) is 19.5. The van der Waals surface area contributed by atoms with Gasteiger partial charge in [0.2, 0.25) is 12.7 Å². The third-order valence-electron chi connectivity index (χ3n) is 4.84. The molecule has 0 saturated carbocycles. The molecule has 2 aliphatic rings. The maximum Gasteiger partial charge on any atom is 0.231 e. The summed E-state index contributed by atoms with van der Waals surface area (Å²) in [5, 5.41) is 4.89. The predicted molar refractivity (Wildman–Crippen MR) is 106 cm³/mol. The van der Waals surface area contributed by atoms with Crippen LogP contribution in [-0.4, -0.2) is 36.0 Å². The van der Waals surface area contributed by atoms with E-state index >= 15 is 0 Å². The molecule has 0 bridgehead atoms. The van der Waals surface area contributed by atoms with Crippen molar-refractivity contribution in [3.05, 3.63) is 58.6 Å². The molecule has 146 valence electrons. The molecule has 28 heavy (non-hydrogen) atoms. The number of ether oxygens (including phenoxy) is 2. The Balaban J connectivity index is 1.43. The number of carbonyl (C=O) groups is 1. The van der Waals surface area contributed by atoms with Crippen LogP contribution in [0, 0.1) is 0 Å². The normalized spacial score (nSPS) is 17.2. The van der Waals surface area contributed by atoms with E-state index < -0.39 is 0 Å². The maximum atomic E-state index is 12.5. The lowest BCUT2D eigenvalue weighted by Crippen LogP contribution is -2.37. The standard InChI is InChI=1S/C21H21ClN2O4/c1-2-21(25)24(11-15-5-3-4-6-17(15)22)12-16-10-18(23-28-16)14-7-8-19-20(9-14)27-13-26-19/h3-9,16H,2,10-13H2,1H3/t16-/m0/s1. The number of fused-ring (bicyclic) bond motifs is 1. The SMILES string of the molecule is CCC(=O)N(Cc1ccccc1Cl)C[C@@H]1CC(c2ccc3c(c2)OCO3)=NO1. The van der Waals surface area contributed by atoms with Crippen molar-refractivity contribution in [1.29, 1.82) is 0 Å². The van der Waals surface area contributed by atoms with Crippen LogP contribution in [0.4, 0.5) is 0 Å². The van der Waals surface area contributed by atoms with E-state index in [9.17, 15) is 4.79 Å². The van der Waals surface area contributed by atoms with Crippen LogP contribution in [0.3, 0.4) is 0 Å². The van der Waals surface area contributed by atoms with Gasteiger partial charge in [0.25, 0.3) is 0 Å². The lowest BCUT2D eigenvalue weighted by molar-refractivity contribution is -0.133. The van der Waals surface area contributed by atoms with E-state index in [1.165, 1.54) is 0 Å². The molecule has 0 radical (unpaired) electrons. The Hall–Kier alpha value is -2.73. The molecule has 0 unspecified atom stereocenters. The molecule has 0 saturated heterocycles. The number of hydrogen-bond acceptors (Lipinski definition) is 5. The van der Waals surface area contributed by atoms with E-state index in [2.05, 4.69) is 5.16 Å². The van der Waals surface area contributed by atoms with Crippen LogP contribution in [0.2, 0.25) is 5.02 Å². The minimum absolute atomic E-state index is 0.0556. The second kappa shape index (κ2) is 8.10. The summed E-state index contributed by atoms with van der Waals surface area (Å²) in [7, 11) is 0. The third kappa shape index (κ3) is 3.92. The fourth-order valence-corrected chi connectivity index (χ4v) is 3.52. The first-order chi connectivity index (χ1) is 13.6. The maximum absolute atomic E-state index is 12.5. The van der Waals surface area contributed by atoms with Crippen LogP contribution in [-0.2, 0) is 16.2 Å². The second-order valence-electron chi connectivity index (χ2n) is 6.76. The van der Waals surface area contributed by atoms with Crippen molar-refractivity contribution in [3.63, 3.8) is 0 Å². The summed E-state index contributed by atoms with van der Waals surface area (Å²) >= 11 is 6.27. The van der Waals surface area contributed by atoms with Crippen LogP contribution >= 0.6 is 11.6 Å². The van der Waals surface area contributed by atoms with Crippen LogP contribution in [0.25, 0.3) is 0 Å². The highest BCUT2D eigenvalue weighted by Gasteiger charge is 2.27. The summed E-state index contributed by atoms with van der Waals surface area (Å²) in [5.74, 6) is 1.50. The molecule has 0 aromatic heterocycles. The number of oxime groups is 1. The van der Waals surface area contributed by atoms with E-state index in [1.807, 2.05) is 49.4 Å². The fraction of sp³-hybridized carbons (Fsp3) is 0.333. The number of hydrogen-bond donors (Lipinski definition) is 0. The Morgan fingerprint density at radius 1 is 1.21 bits per heavy atom. The summed E-state index contributed by atoms with van der Waals surface area (Å²) in [4.78, 5) is 19.9. The molecule has 0 spiro atoms. The van der Waals surface area contributed by atoms with Gasteiger partial charge in [0.05, 0.1) is 12.3 Å². The average molecular weight is 401 g/mol. The molecule has 0 N–H and O–H groups in total. The Bertz CT molecular complexity index is 915. The van der Waals surface area contributed by atoms with Gasteiger partial charge in [0.15, 0.2) is 17.6 Å². The minimum atomic E-state index is -0.196. The van der Waals surface area contributed by atoms with E-state index in [0.29, 0.717) is 36.7 Å². The lowest BCUT2D eigenvalue weighted by Gasteiger charge is -2.25. The third-order valence-corrected chi connectivity index (χ3v) is 5.21. The Labute approximate surface area is 168 Å². The molecule has 7 heteroatoms. The van der Waals surface area contributed by atoms with Gasteiger partial charge in [0, 0.05) is 30.0 Å². The van der Waals surface area contributed by atoms with Gasteiger partial charge in [-0.2, -0.15) is 0 Å². The van der Waals surface area contributed by atoms with E-state index in [-0.39, 0.29) is 18.8 Å². The smallest absolute Gasteiger partial charge is 0.231 e. The van der Waals surface area contributed by atoms with Crippen molar-refractivity contribution < 1.29 is 19.1 Å². The average Bonchev–Trinajstić information content (AvgIpc) is 3.37. The molecular formula is C21H21ClN2O4. The van der Waals surface area contributed by atoms with Gasteiger partial charge in [0.1, 0.15) is 0 Å². The lowest BCUT2D eigenvalue weighted by atomic mass is 10.0. The fourth-order valence-electron chi connectivity index (χ4n) is 3.33. The Kier molecular flexibility index (Phi) is 5.39. The molecule has 2 aromatic rings. The van der Waals surface area contributed by atoms with Gasteiger partial charge in [-0.1, -0.05) is 41.9 Å². The number of benzene rings is 2. The van der Waals surface area contributed by atoms with Crippen molar-refractivity contribution in [2.45, 2.75) is 32.4 Å². The van der Waals surface area contributed by atoms with Crippen LogP contribution in [0.15, 0.2) is 47.6 Å².